The Balaban J connectivity index is 2.69. The average molecular weight is 172 g/mol. The lowest BCUT2D eigenvalue weighted by Gasteiger charge is -2.02. The molecule has 3 heteroatoms. The van der Waals surface area contributed by atoms with Gasteiger partial charge in [0.1, 0.15) is 0 Å². The Morgan fingerprint density at radius 1 is 1.23 bits per heavy atom. The highest BCUT2D eigenvalue weighted by molar-refractivity contribution is 5.90. The molecule has 13 heavy (non-hydrogen) atoms. The molecule has 3 nitrogen and oxygen atoms in total. The Labute approximate surface area is 74.7 Å². The fourth-order valence-corrected chi connectivity index (χ4v) is 1.20. The summed E-state index contributed by atoms with van der Waals surface area (Å²) in [5, 5.41) is 12.3. The van der Waals surface area contributed by atoms with Gasteiger partial charge in [-0.3, -0.25) is 4.98 Å². The van der Waals surface area contributed by atoms with Crippen molar-refractivity contribution in [2.45, 2.75) is 0 Å². The van der Waals surface area contributed by atoms with Crippen molar-refractivity contribution < 1.29 is 9.90 Å². The molecule has 1 aromatic heterocycles. The maximum atomic E-state index is 10.5. The van der Waals surface area contributed by atoms with E-state index in [9.17, 15) is 9.90 Å². The molecule has 0 saturated carbocycles. The summed E-state index contributed by atoms with van der Waals surface area (Å²) in [5.74, 6) is -1.24. The molecule has 0 aliphatic heterocycles. The van der Waals surface area contributed by atoms with Crippen LogP contribution in [-0.4, -0.2) is 11.0 Å². The van der Waals surface area contributed by atoms with Crippen LogP contribution in [0.1, 0.15) is 10.5 Å². The number of rotatable bonds is 1. The predicted octanol–water partition coefficient (Wildman–Crippen LogP) is 0.598. The van der Waals surface area contributed by atoms with Crippen molar-refractivity contribution in [3.63, 3.8) is 0 Å². The van der Waals surface area contributed by atoms with E-state index in [1.54, 1.807) is 0 Å². The maximum absolute atomic E-state index is 10.5. The van der Waals surface area contributed by atoms with Crippen LogP contribution in [0.4, 0.5) is 0 Å². The third-order valence-corrected chi connectivity index (χ3v) is 1.84. The zero-order chi connectivity index (χ0) is 9.26. The first-order valence-electron chi connectivity index (χ1n) is 3.83. The minimum atomic E-state index is -1.24. The molecule has 0 saturated heterocycles. The lowest BCUT2D eigenvalue weighted by atomic mass is 10.1. The monoisotopic (exact) mass is 172 g/mol. The van der Waals surface area contributed by atoms with Gasteiger partial charge in [-0.2, -0.15) is 0 Å². The van der Waals surface area contributed by atoms with Crippen LogP contribution in [0.2, 0.25) is 0 Å². The lowest BCUT2D eigenvalue weighted by Crippen LogP contribution is -2.23. The third kappa shape index (κ3) is 1.36. The van der Waals surface area contributed by atoms with E-state index in [1.807, 2.05) is 24.3 Å². The molecule has 1 heterocycles. The van der Waals surface area contributed by atoms with E-state index in [4.69, 9.17) is 0 Å². The number of aromatic carboxylic acids is 1. The number of carboxylic acid groups (broad SMARTS) is 1. The van der Waals surface area contributed by atoms with Crippen LogP contribution in [0.15, 0.2) is 36.5 Å². The topological polar surface area (TPSA) is 53.0 Å². The molecule has 0 spiro atoms. The average Bonchev–Trinajstić information content (AvgIpc) is 2.17. The highest BCUT2D eigenvalue weighted by atomic mass is 16.4. The summed E-state index contributed by atoms with van der Waals surface area (Å²) in [6.07, 6.45) is 1.53. The minimum Gasteiger partial charge on any atom is -0.543 e. The van der Waals surface area contributed by atoms with E-state index >= 15 is 0 Å². The van der Waals surface area contributed by atoms with Crippen molar-refractivity contribution in [3.8, 4) is 0 Å². The number of carbonyl (C=O) groups excluding carboxylic acids is 1. The van der Waals surface area contributed by atoms with Crippen molar-refractivity contribution in [1.82, 2.24) is 4.98 Å². The number of fused-ring (bicyclic) bond motifs is 1. The van der Waals surface area contributed by atoms with Crippen molar-refractivity contribution in [2.75, 3.05) is 0 Å². The molecule has 0 radical (unpaired) electrons. The Morgan fingerprint density at radius 3 is 2.62 bits per heavy atom. The van der Waals surface area contributed by atoms with Crippen LogP contribution in [0.5, 0.6) is 0 Å². The summed E-state index contributed by atoms with van der Waals surface area (Å²) in [5.41, 5.74) is -0.0290. The number of pyridine rings is 1. The molecular weight excluding hydrogens is 166 g/mol. The summed E-state index contributed by atoms with van der Waals surface area (Å²) >= 11 is 0. The van der Waals surface area contributed by atoms with E-state index in [0.29, 0.717) is 0 Å². The fraction of sp³-hybridized carbons (Fsp3) is 0. The van der Waals surface area contributed by atoms with Gasteiger partial charge in [0.25, 0.3) is 0 Å². The van der Waals surface area contributed by atoms with Crippen molar-refractivity contribution in [1.29, 1.82) is 0 Å². The quantitative estimate of drug-likeness (QED) is 0.632. The van der Waals surface area contributed by atoms with E-state index in [0.717, 1.165) is 10.8 Å². The standard InChI is InChI=1S/C10H7NO2/c12-10(13)9-5-7-3-1-2-4-8(7)6-11-9/h1-6H,(H,12,13)/p-1. The van der Waals surface area contributed by atoms with Gasteiger partial charge in [-0.15, -0.1) is 0 Å². The van der Waals surface area contributed by atoms with E-state index < -0.39 is 5.97 Å². The van der Waals surface area contributed by atoms with Crippen LogP contribution in [0.3, 0.4) is 0 Å². The van der Waals surface area contributed by atoms with Gasteiger partial charge in [0.15, 0.2) is 0 Å². The maximum Gasteiger partial charge on any atom is 0.0900 e. The Morgan fingerprint density at radius 2 is 1.92 bits per heavy atom. The Bertz CT molecular complexity index is 465. The fourth-order valence-electron chi connectivity index (χ4n) is 1.20. The molecule has 0 N–H and O–H groups in total. The number of carbonyl (C=O) groups is 1. The summed E-state index contributed by atoms with van der Waals surface area (Å²) in [7, 11) is 0. The van der Waals surface area contributed by atoms with Gasteiger partial charge < -0.3 is 9.90 Å². The number of aromatic nitrogens is 1. The number of hydrogen-bond acceptors (Lipinski definition) is 3. The minimum absolute atomic E-state index is 0.0290. The van der Waals surface area contributed by atoms with Gasteiger partial charge in [-0.1, -0.05) is 24.3 Å². The molecule has 0 fully saturated rings. The summed E-state index contributed by atoms with van der Waals surface area (Å²) in [6.45, 7) is 0. The van der Waals surface area contributed by atoms with Crippen LogP contribution in [0.25, 0.3) is 10.8 Å². The molecule has 0 unspecified atom stereocenters. The molecule has 2 rings (SSSR count). The zero-order valence-electron chi connectivity index (χ0n) is 6.73. The number of benzene rings is 1. The molecule has 2 aromatic rings. The second-order valence-electron chi connectivity index (χ2n) is 2.70. The van der Waals surface area contributed by atoms with Crippen molar-refractivity contribution in [3.05, 3.63) is 42.2 Å². The molecule has 0 atom stereocenters. The number of carboxylic acids is 1. The first kappa shape index (κ1) is 7.73. The third-order valence-electron chi connectivity index (χ3n) is 1.84. The van der Waals surface area contributed by atoms with Crippen LogP contribution < -0.4 is 5.11 Å². The smallest absolute Gasteiger partial charge is 0.0900 e. The molecule has 0 amide bonds. The van der Waals surface area contributed by atoms with Gasteiger partial charge in [-0.25, -0.2) is 0 Å². The zero-order valence-corrected chi connectivity index (χ0v) is 6.73. The van der Waals surface area contributed by atoms with Gasteiger partial charge in [-0.05, 0) is 11.5 Å². The molecule has 0 aliphatic carbocycles. The molecule has 0 bridgehead atoms. The van der Waals surface area contributed by atoms with Gasteiger partial charge in [0.05, 0.1) is 11.7 Å². The largest absolute Gasteiger partial charge is 0.543 e. The normalized spacial score (nSPS) is 10.2. The molecule has 64 valence electrons. The van der Waals surface area contributed by atoms with Gasteiger partial charge >= 0.3 is 0 Å². The van der Waals surface area contributed by atoms with E-state index in [2.05, 4.69) is 4.98 Å². The lowest BCUT2D eigenvalue weighted by molar-refractivity contribution is -0.255. The van der Waals surface area contributed by atoms with Crippen LogP contribution in [-0.2, 0) is 0 Å². The SMILES string of the molecule is O=C([O-])c1cc2ccccc2cn1. The predicted molar refractivity (Wildman–Crippen MR) is 46.1 cm³/mol. The molecule has 1 aromatic carbocycles. The number of hydrogen-bond donors (Lipinski definition) is 0. The highest BCUT2D eigenvalue weighted by Gasteiger charge is 1.96. The first-order chi connectivity index (χ1) is 6.27. The van der Waals surface area contributed by atoms with Crippen molar-refractivity contribution in [2.24, 2.45) is 0 Å². The van der Waals surface area contributed by atoms with E-state index in [-0.39, 0.29) is 5.69 Å². The summed E-state index contributed by atoms with van der Waals surface area (Å²) in [6, 6.07) is 8.94. The summed E-state index contributed by atoms with van der Waals surface area (Å²) in [4.78, 5) is 14.2. The van der Waals surface area contributed by atoms with Crippen LogP contribution in [0, 0.1) is 0 Å². The van der Waals surface area contributed by atoms with Gasteiger partial charge in [0.2, 0.25) is 0 Å². The highest BCUT2D eigenvalue weighted by Crippen LogP contribution is 2.12. The van der Waals surface area contributed by atoms with Crippen molar-refractivity contribution >= 4 is 16.7 Å². The number of nitrogens with zero attached hydrogens (tertiary/aromatic N) is 1. The van der Waals surface area contributed by atoms with E-state index in [1.165, 1.54) is 12.3 Å². The second-order valence-corrected chi connectivity index (χ2v) is 2.70. The second kappa shape index (κ2) is 2.86. The van der Waals surface area contributed by atoms with Gasteiger partial charge in [0, 0.05) is 11.6 Å². The Hall–Kier alpha value is -1.90. The first-order valence-corrected chi connectivity index (χ1v) is 3.83. The Kier molecular flexibility index (Phi) is 1.70. The molecular formula is C10H6NO2-. The molecule has 0 aliphatic rings. The van der Waals surface area contributed by atoms with Crippen LogP contribution >= 0.6 is 0 Å². The summed E-state index contributed by atoms with van der Waals surface area (Å²) < 4.78 is 0.